The molecule has 1 N–H and O–H groups in total. The zero-order valence-corrected chi connectivity index (χ0v) is 13.1. The van der Waals surface area contributed by atoms with Gasteiger partial charge in [-0.1, -0.05) is 13.8 Å². The highest BCUT2D eigenvalue weighted by Gasteiger charge is 2.29. The van der Waals surface area contributed by atoms with Crippen molar-refractivity contribution in [2.45, 2.75) is 52.0 Å². The molecule has 0 atom stereocenters. The maximum absolute atomic E-state index is 10.6. The van der Waals surface area contributed by atoms with E-state index >= 15 is 0 Å². The number of hydrogen-bond donors (Lipinski definition) is 1. The van der Waals surface area contributed by atoms with Crippen molar-refractivity contribution in [3.63, 3.8) is 0 Å². The minimum absolute atomic E-state index is 0.277. The van der Waals surface area contributed by atoms with Crippen LogP contribution in [0.3, 0.4) is 0 Å². The zero-order valence-electron chi connectivity index (χ0n) is 13.1. The van der Waals surface area contributed by atoms with Gasteiger partial charge in [0.2, 0.25) is 0 Å². The van der Waals surface area contributed by atoms with E-state index in [-0.39, 0.29) is 6.42 Å². The summed E-state index contributed by atoms with van der Waals surface area (Å²) in [5.74, 6) is 1.09. The molecule has 0 aromatic rings. The third-order valence-electron chi connectivity index (χ3n) is 5.25. The van der Waals surface area contributed by atoms with Crippen molar-refractivity contribution in [3.05, 3.63) is 0 Å². The standard InChI is InChI=1S/C16H30N2O2/c1-13(2)14-3-5-15(6-4-14)18-11-9-17(10-12-18)8-7-16(19)20/h13-15H,3-12H2,1-2H3,(H,19,20). The molecule has 1 heterocycles. The lowest BCUT2D eigenvalue weighted by Crippen LogP contribution is -2.51. The summed E-state index contributed by atoms with van der Waals surface area (Å²) in [7, 11) is 0. The van der Waals surface area contributed by atoms with Crippen LogP contribution in [-0.4, -0.2) is 59.6 Å². The largest absolute Gasteiger partial charge is 0.481 e. The van der Waals surface area contributed by atoms with Gasteiger partial charge in [0.25, 0.3) is 0 Å². The third kappa shape index (κ3) is 4.45. The van der Waals surface area contributed by atoms with E-state index in [4.69, 9.17) is 5.11 Å². The van der Waals surface area contributed by atoms with Gasteiger partial charge in [-0.25, -0.2) is 0 Å². The number of carbonyl (C=O) groups is 1. The molecule has 116 valence electrons. The number of hydrogen-bond acceptors (Lipinski definition) is 3. The maximum atomic E-state index is 10.6. The van der Waals surface area contributed by atoms with Gasteiger partial charge in [0.05, 0.1) is 6.42 Å². The SMILES string of the molecule is CC(C)C1CCC(N2CCN(CCC(=O)O)CC2)CC1. The first-order valence-electron chi connectivity index (χ1n) is 8.24. The Bertz CT molecular complexity index is 304. The van der Waals surface area contributed by atoms with Gasteiger partial charge in [-0.2, -0.15) is 0 Å². The molecule has 1 saturated carbocycles. The van der Waals surface area contributed by atoms with Crippen LogP contribution in [0.1, 0.15) is 46.0 Å². The lowest BCUT2D eigenvalue weighted by molar-refractivity contribution is -0.137. The second-order valence-electron chi connectivity index (χ2n) is 6.83. The molecule has 20 heavy (non-hydrogen) atoms. The second-order valence-corrected chi connectivity index (χ2v) is 6.83. The fourth-order valence-electron chi connectivity index (χ4n) is 3.74. The van der Waals surface area contributed by atoms with E-state index < -0.39 is 5.97 Å². The van der Waals surface area contributed by atoms with Crippen LogP contribution >= 0.6 is 0 Å². The Kier molecular flexibility index (Phi) is 5.85. The van der Waals surface area contributed by atoms with Crippen LogP contribution in [0.5, 0.6) is 0 Å². The molecule has 0 radical (unpaired) electrons. The number of carboxylic acids is 1. The highest BCUT2D eigenvalue weighted by atomic mass is 16.4. The summed E-state index contributed by atoms with van der Waals surface area (Å²) in [6.07, 6.45) is 5.78. The first-order chi connectivity index (χ1) is 9.56. The third-order valence-corrected chi connectivity index (χ3v) is 5.25. The van der Waals surface area contributed by atoms with E-state index in [0.29, 0.717) is 6.54 Å². The van der Waals surface area contributed by atoms with Crippen LogP contribution in [0.15, 0.2) is 0 Å². The predicted octanol–water partition coefficient (Wildman–Crippen LogP) is 2.29. The molecule has 0 aromatic carbocycles. The van der Waals surface area contributed by atoms with Crippen molar-refractivity contribution in [1.82, 2.24) is 9.80 Å². The summed E-state index contributed by atoms with van der Waals surface area (Å²) in [5, 5.41) is 8.73. The first-order valence-corrected chi connectivity index (χ1v) is 8.24. The lowest BCUT2D eigenvalue weighted by atomic mass is 9.79. The minimum Gasteiger partial charge on any atom is -0.481 e. The molecule has 2 aliphatic rings. The van der Waals surface area contributed by atoms with Crippen molar-refractivity contribution >= 4 is 5.97 Å². The number of piperazine rings is 1. The summed E-state index contributed by atoms with van der Waals surface area (Å²) in [6, 6.07) is 0.784. The molecule has 0 spiro atoms. The Morgan fingerprint density at radius 1 is 1.10 bits per heavy atom. The van der Waals surface area contributed by atoms with Gasteiger partial charge in [-0.05, 0) is 37.5 Å². The van der Waals surface area contributed by atoms with E-state index in [9.17, 15) is 4.79 Å². The smallest absolute Gasteiger partial charge is 0.304 e. The average molecular weight is 282 g/mol. The van der Waals surface area contributed by atoms with Crippen molar-refractivity contribution in [3.8, 4) is 0 Å². The zero-order chi connectivity index (χ0) is 14.5. The Hall–Kier alpha value is -0.610. The molecule has 1 aliphatic carbocycles. The van der Waals surface area contributed by atoms with Crippen LogP contribution in [0.4, 0.5) is 0 Å². The predicted molar refractivity (Wildman–Crippen MR) is 80.8 cm³/mol. The molecule has 0 bridgehead atoms. The number of aliphatic carboxylic acids is 1. The fourth-order valence-corrected chi connectivity index (χ4v) is 3.74. The van der Waals surface area contributed by atoms with E-state index in [1.54, 1.807) is 0 Å². The normalized spacial score (nSPS) is 29.8. The minimum atomic E-state index is -0.681. The second kappa shape index (κ2) is 7.41. The van der Waals surface area contributed by atoms with E-state index in [1.807, 2.05) is 0 Å². The van der Waals surface area contributed by atoms with Gasteiger partial charge in [0.15, 0.2) is 0 Å². The van der Waals surface area contributed by atoms with Crippen LogP contribution in [0.25, 0.3) is 0 Å². The number of nitrogens with zero attached hydrogens (tertiary/aromatic N) is 2. The topological polar surface area (TPSA) is 43.8 Å². The van der Waals surface area contributed by atoms with Gasteiger partial charge in [-0.3, -0.25) is 9.69 Å². The molecule has 0 unspecified atom stereocenters. The van der Waals surface area contributed by atoms with Crippen molar-refractivity contribution < 1.29 is 9.90 Å². The van der Waals surface area contributed by atoms with Gasteiger partial charge in [-0.15, -0.1) is 0 Å². The molecule has 0 amide bonds. The van der Waals surface area contributed by atoms with Gasteiger partial charge in [0, 0.05) is 38.8 Å². The monoisotopic (exact) mass is 282 g/mol. The van der Waals surface area contributed by atoms with Gasteiger partial charge in [0.1, 0.15) is 0 Å². The van der Waals surface area contributed by atoms with Crippen LogP contribution in [-0.2, 0) is 4.79 Å². The maximum Gasteiger partial charge on any atom is 0.304 e. The molecule has 1 saturated heterocycles. The molecular weight excluding hydrogens is 252 g/mol. The van der Waals surface area contributed by atoms with Crippen LogP contribution < -0.4 is 0 Å². The van der Waals surface area contributed by atoms with Crippen LogP contribution in [0.2, 0.25) is 0 Å². The van der Waals surface area contributed by atoms with Gasteiger partial charge < -0.3 is 10.0 Å². The molecule has 4 heteroatoms. The van der Waals surface area contributed by atoms with Crippen LogP contribution in [0, 0.1) is 11.8 Å². The fraction of sp³-hybridized carbons (Fsp3) is 0.938. The molecule has 2 fully saturated rings. The molecular formula is C16H30N2O2. The molecule has 0 aromatic heterocycles. The summed E-state index contributed by atoms with van der Waals surface area (Å²) < 4.78 is 0. The average Bonchev–Trinajstić information content (AvgIpc) is 2.46. The Labute approximate surface area is 123 Å². The highest BCUT2D eigenvalue weighted by Crippen LogP contribution is 2.32. The number of rotatable bonds is 5. The van der Waals surface area contributed by atoms with E-state index in [1.165, 1.54) is 25.7 Å². The van der Waals surface area contributed by atoms with Crippen molar-refractivity contribution in [2.24, 2.45) is 11.8 Å². The quantitative estimate of drug-likeness (QED) is 0.840. The van der Waals surface area contributed by atoms with Crippen molar-refractivity contribution in [2.75, 3.05) is 32.7 Å². The molecule has 4 nitrogen and oxygen atoms in total. The van der Waals surface area contributed by atoms with E-state index in [0.717, 1.165) is 44.1 Å². The summed E-state index contributed by atoms with van der Waals surface area (Å²) in [5.41, 5.74) is 0. The Morgan fingerprint density at radius 3 is 2.20 bits per heavy atom. The highest BCUT2D eigenvalue weighted by molar-refractivity contribution is 5.66. The van der Waals surface area contributed by atoms with Crippen molar-refractivity contribution in [1.29, 1.82) is 0 Å². The summed E-state index contributed by atoms with van der Waals surface area (Å²) in [6.45, 7) is 9.74. The lowest BCUT2D eigenvalue weighted by Gasteiger charge is -2.42. The molecule has 1 aliphatic heterocycles. The van der Waals surface area contributed by atoms with E-state index in [2.05, 4.69) is 23.6 Å². The Morgan fingerprint density at radius 2 is 1.70 bits per heavy atom. The number of carboxylic acid groups (broad SMARTS) is 1. The molecule has 2 rings (SSSR count). The first kappa shape index (κ1) is 15.8. The Balaban J connectivity index is 1.68. The van der Waals surface area contributed by atoms with Gasteiger partial charge >= 0.3 is 5.97 Å². The summed E-state index contributed by atoms with van der Waals surface area (Å²) in [4.78, 5) is 15.5. The summed E-state index contributed by atoms with van der Waals surface area (Å²) >= 11 is 0.